The van der Waals surface area contributed by atoms with Crippen molar-refractivity contribution in [2.75, 3.05) is 19.4 Å². The maximum atomic E-state index is 12.7. The average molecular weight is 382 g/mol. The van der Waals surface area contributed by atoms with E-state index < -0.39 is 10.0 Å². The number of fused-ring (bicyclic) bond motifs is 1. The van der Waals surface area contributed by atoms with Crippen LogP contribution in [0.3, 0.4) is 0 Å². The van der Waals surface area contributed by atoms with Gasteiger partial charge in [0.05, 0.1) is 17.7 Å². The van der Waals surface area contributed by atoms with Gasteiger partial charge in [0.1, 0.15) is 5.75 Å². The molecule has 2 aromatic rings. The standard InChI is InChI=1S/C17H23N3O3S2/c1-23-15-8-9-16(14-7-3-2-6-13(14)15)25(21,22)19-10-4-5-12-11-24-17(18)20-12/h8-9,11,19H,2-7,10H2,1H3,(H2,18,20). The Morgan fingerprint density at radius 3 is 2.72 bits per heavy atom. The van der Waals surface area contributed by atoms with E-state index in [0.29, 0.717) is 29.4 Å². The monoisotopic (exact) mass is 381 g/mol. The Kier molecular flexibility index (Phi) is 5.61. The van der Waals surface area contributed by atoms with Crippen LogP contribution in [0.2, 0.25) is 0 Å². The summed E-state index contributed by atoms with van der Waals surface area (Å²) in [5.41, 5.74) is 8.45. The lowest BCUT2D eigenvalue weighted by molar-refractivity contribution is 0.405. The van der Waals surface area contributed by atoms with Crippen molar-refractivity contribution in [1.29, 1.82) is 0 Å². The SMILES string of the molecule is COc1ccc(S(=O)(=O)NCCCc2csc(N)n2)c2c1CCCC2. The minimum Gasteiger partial charge on any atom is -0.496 e. The molecule has 1 aromatic carbocycles. The molecule has 0 saturated heterocycles. The number of nitrogens with one attached hydrogen (secondary N) is 1. The van der Waals surface area contributed by atoms with E-state index in [1.165, 1.54) is 11.3 Å². The predicted octanol–water partition coefficient (Wildman–Crippen LogP) is 2.52. The summed E-state index contributed by atoms with van der Waals surface area (Å²) < 4.78 is 33.6. The number of hydrogen-bond acceptors (Lipinski definition) is 6. The van der Waals surface area contributed by atoms with Crippen molar-refractivity contribution in [3.8, 4) is 5.75 Å². The van der Waals surface area contributed by atoms with E-state index in [1.54, 1.807) is 19.2 Å². The van der Waals surface area contributed by atoms with Crippen LogP contribution in [0.25, 0.3) is 0 Å². The first-order chi connectivity index (χ1) is 12.0. The normalized spacial score (nSPS) is 14.3. The van der Waals surface area contributed by atoms with E-state index in [-0.39, 0.29) is 0 Å². The number of hydrogen-bond donors (Lipinski definition) is 2. The Balaban J connectivity index is 1.69. The molecule has 136 valence electrons. The van der Waals surface area contributed by atoms with Crippen molar-refractivity contribution in [3.05, 3.63) is 34.3 Å². The van der Waals surface area contributed by atoms with Crippen molar-refractivity contribution < 1.29 is 13.2 Å². The number of thiazole rings is 1. The van der Waals surface area contributed by atoms with Crippen LogP contribution in [0, 0.1) is 0 Å². The molecule has 0 radical (unpaired) electrons. The third-order valence-electron chi connectivity index (χ3n) is 4.43. The molecular formula is C17H23N3O3S2. The zero-order valence-electron chi connectivity index (χ0n) is 14.2. The molecule has 1 heterocycles. The molecule has 0 aliphatic heterocycles. The summed E-state index contributed by atoms with van der Waals surface area (Å²) in [6.07, 6.45) is 5.11. The van der Waals surface area contributed by atoms with E-state index >= 15 is 0 Å². The summed E-state index contributed by atoms with van der Waals surface area (Å²) in [4.78, 5) is 4.57. The summed E-state index contributed by atoms with van der Waals surface area (Å²) >= 11 is 1.40. The Morgan fingerprint density at radius 1 is 1.28 bits per heavy atom. The van der Waals surface area contributed by atoms with Crippen molar-refractivity contribution in [1.82, 2.24) is 9.71 Å². The molecule has 0 amide bonds. The van der Waals surface area contributed by atoms with E-state index in [9.17, 15) is 8.42 Å². The lowest BCUT2D eigenvalue weighted by atomic mass is 9.91. The maximum absolute atomic E-state index is 12.7. The second kappa shape index (κ2) is 7.72. The van der Waals surface area contributed by atoms with Crippen molar-refractivity contribution in [2.45, 2.75) is 43.4 Å². The van der Waals surface area contributed by atoms with Crippen molar-refractivity contribution in [3.63, 3.8) is 0 Å². The summed E-state index contributed by atoms with van der Waals surface area (Å²) in [6, 6.07) is 3.42. The second-order valence-corrected chi connectivity index (χ2v) is 8.73. The first-order valence-corrected chi connectivity index (χ1v) is 10.8. The highest BCUT2D eigenvalue weighted by Gasteiger charge is 2.24. The van der Waals surface area contributed by atoms with Gasteiger partial charge in [-0.1, -0.05) is 0 Å². The molecule has 3 rings (SSSR count). The number of ether oxygens (including phenoxy) is 1. The van der Waals surface area contributed by atoms with Gasteiger partial charge in [-0.2, -0.15) is 0 Å². The van der Waals surface area contributed by atoms with Gasteiger partial charge < -0.3 is 10.5 Å². The molecule has 0 atom stereocenters. The third kappa shape index (κ3) is 4.13. The molecule has 0 fully saturated rings. The van der Waals surface area contributed by atoms with Gasteiger partial charge in [-0.25, -0.2) is 18.1 Å². The van der Waals surface area contributed by atoms with Gasteiger partial charge in [0, 0.05) is 11.9 Å². The molecule has 0 spiro atoms. The fourth-order valence-corrected chi connectivity index (χ4v) is 5.20. The largest absolute Gasteiger partial charge is 0.496 e. The first-order valence-electron chi connectivity index (χ1n) is 8.39. The molecule has 1 aromatic heterocycles. The lowest BCUT2D eigenvalue weighted by Gasteiger charge is -2.22. The van der Waals surface area contributed by atoms with Gasteiger partial charge in [-0.05, 0) is 61.8 Å². The molecule has 6 nitrogen and oxygen atoms in total. The number of rotatable bonds is 7. The molecular weight excluding hydrogens is 358 g/mol. The number of sulfonamides is 1. The van der Waals surface area contributed by atoms with Gasteiger partial charge in [-0.15, -0.1) is 11.3 Å². The van der Waals surface area contributed by atoms with Gasteiger partial charge in [0.25, 0.3) is 0 Å². The number of aryl methyl sites for hydroxylation is 1. The minimum absolute atomic E-state index is 0.376. The topological polar surface area (TPSA) is 94.3 Å². The van der Waals surface area contributed by atoms with Crippen LogP contribution < -0.4 is 15.2 Å². The molecule has 8 heteroatoms. The number of anilines is 1. The van der Waals surface area contributed by atoms with Crippen LogP contribution in [-0.2, 0) is 29.3 Å². The van der Waals surface area contributed by atoms with Crippen LogP contribution >= 0.6 is 11.3 Å². The van der Waals surface area contributed by atoms with Gasteiger partial charge in [0.2, 0.25) is 10.0 Å². The highest BCUT2D eigenvalue weighted by atomic mass is 32.2. The van der Waals surface area contributed by atoms with Crippen molar-refractivity contribution in [2.24, 2.45) is 0 Å². The zero-order chi connectivity index (χ0) is 17.9. The number of nitrogen functional groups attached to an aromatic ring is 1. The molecule has 0 unspecified atom stereocenters. The number of methoxy groups -OCH3 is 1. The van der Waals surface area contributed by atoms with Crippen LogP contribution in [0.4, 0.5) is 5.13 Å². The number of nitrogens with zero attached hydrogens (tertiary/aromatic N) is 1. The van der Waals surface area contributed by atoms with E-state index in [1.807, 2.05) is 5.38 Å². The quantitative estimate of drug-likeness (QED) is 0.719. The fourth-order valence-electron chi connectivity index (χ4n) is 3.24. The van der Waals surface area contributed by atoms with Crippen LogP contribution in [0.5, 0.6) is 5.75 Å². The van der Waals surface area contributed by atoms with E-state index in [0.717, 1.165) is 48.3 Å². The van der Waals surface area contributed by atoms with Crippen LogP contribution in [0.15, 0.2) is 22.4 Å². The molecule has 1 aliphatic carbocycles. The molecule has 25 heavy (non-hydrogen) atoms. The minimum atomic E-state index is -3.52. The van der Waals surface area contributed by atoms with Gasteiger partial charge in [0.15, 0.2) is 5.13 Å². The third-order valence-corrected chi connectivity index (χ3v) is 6.70. The first kappa shape index (κ1) is 18.2. The number of aromatic nitrogens is 1. The van der Waals surface area contributed by atoms with E-state index in [2.05, 4.69) is 9.71 Å². The fraction of sp³-hybridized carbons (Fsp3) is 0.471. The molecule has 3 N–H and O–H groups in total. The highest BCUT2D eigenvalue weighted by molar-refractivity contribution is 7.89. The van der Waals surface area contributed by atoms with Crippen molar-refractivity contribution >= 4 is 26.5 Å². The Labute approximate surface area is 152 Å². The highest BCUT2D eigenvalue weighted by Crippen LogP contribution is 2.34. The molecule has 0 bridgehead atoms. The summed E-state index contributed by atoms with van der Waals surface area (Å²) in [7, 11) is -1.90. The van der Waals surface area contributed by atoms with E-state index in [4.69, 9.17) is 10.5 Å². The predicted molar refractivity (Wildman–Crippen MR) is 99.7 cm³/mol. The lowest BCUT2D eigenvalue weighted by Crippen LogP contribution is -2.27. The molecule has 1 aliphatic rings. The van der Waals surface area contributed by atoms with Crippen LogP contribution in [0.1, 0.15) is 36.1 Å². The van der Waals surface area contributed by atoms with Gasteiger partial charge in [-0.3, -0.25) is 0 Å². The smallest absolute Gasteiger partial charge is 0.240 e. The average Bonchev–Trinajstić information content (AvgIpc) is 3.03. The Bertz CT molecular complexity index is 847. The maximum Gasteiger partial charge on any atom is 0.240 e. The second-order valence-electron chi connectivity index (χ2n) is 6.11. The Hall–Kier alpha value is -1.64. The van der Waals surface area contributed by atoms with Gasteiger partial charge >= 0.3 is 0 Å². The zero-order valence-corrected chi connectivity index (χ0v) is 15.9. The van der Waals surface area contributed by atoms with Crippen LogP contribution in [-0.4, -0.2) is 27.1 Å². The summed E-state index contributed by atoms with van der Waals surface area (Å²) in [5.74, 6) is 0.787. The summed E-state index contributed by atoms with van der Waals surface area (Å²) in [6.45, 7) is 0.376. The Morgan fingerprint density at radius 2 is 2.04 bits per heavy atom. The summed E-state index contributed by atoms with van der Waals surface area (Å²) in [5, 5.41) is 2.45. The number of nitrogens with two attached hydrogens (primary N) is 1. The molecule has 0 saturated carbocycles. The number of benzene rings is 1.